The maximum Gasteiger partial charge on any atom is 0.345 e. The molecule has 1 N–H and O–H groups in total. The first-order valence-electron chi connectivity index (χ1n) is 7.18. The molecule has 1 heterocycles. The highest BCUT2D eigenvalue weighted by molar-refractivity contribution is 5.95. The zero-order chi connectivity index (χ0) is 19.1. The smallest absolute Gasteiger partial charge is 0.345 e. The number of hydrogen-bond donors (Lipinski definition) is 1. The molecule has 26 heavy (non-hydrogen) atoms. The van der Waals surface area contributed by atoms with Crippen LogP contribution in [-0.4, -0.2) is 39.9 Å². The summed E-state index contributed by atoms with van der Waals surface area (Å²) < 4.78 is 4.86. The van der Waals surface area contributed by atoms with Crippen LogP contribution in [0.1, 0.15) is 20.7 Å². The van der Waals surface area contributed by atoms with Gasteiger partial charge in [0.15, 0.2) is 0 Å². The van der Waals surface area contributed by atoms with E-state index in [1.54, 1.807) is 12.1 Å². The van der Waals surface area contributed by atoms with Gasteiger partial charge in [0.05, 0.1) is 28.0 Å². The Bertz CT molecular complexity index is 854. The van der Waals surface area contributed by atoms with Gasteiger partial charge in [0, 0.05) is 18.5 Å². The fraction of sp³-hybridized carbons (Fsp3) is 0.133. The average Bonchev–Trinajstić information content (AvgIpc) is 2.64. The number of ether oxygens (including phenoxy) is 1. The van der Waals surface area contributed by atoms with Crippen LogP contribution in [0.25, 0.3) is 0 Å². The van der Waals surface area contributed by atoms with Crippen molar-refractivity contribution in [3.05, 3.63) is 74.1 Å². The number of nitrogens with zero attached hydrogens (tertiary/aromatic N) is 3. The van der Waals surface area contributed by atoms with Gasteiger partial charge in [0.25, 0.3) is 17.3 Å². The largest absolute Gasteiger partial charge is 0.460 e. The third-order valence-electron chi connectivity index (χ3n) is 3.15. The second-order valence-electron chi connectivity index (χ2n) is 4.85. The quantitative estimate of drug-likeness (QED) is 0.337. The third-order valence-corrected chi connectivity index (χ3v) is 3.15. The Morgan fingerprint density at radius 2 is 1.92 bits per heavy atom. The van der Waals surface area contributed by atoms with E-state index in [-0.39, 0.29) is 13.2 Å². The Morgan fingerprint density at radius 3 is 2.54 bits per heavy atom. The van der Waals surface area contributed by atoms with E-state index in [1.165, 1.54) is 12.4 Å². The zero-order valence-corrected chi connectivity index (χ0v) is 13.2. The van der Waals surface area contributed by atoms with Crippen molar-refractivity contribution < 1.29 is 24.2 Å². The molecular weight excluding hydrogens is 348 g/mol. The number of nitro benzene ring substituents is 2. The molecule has 0 aliphatic rings. The molecule has 1 amide bonds. The van der Waals surface area contributed by atoms with Crippen molar-refractivity contribution in [1.82, 2.24) is 10.3 Å². The Balaban J connectivity index is 1.94. The number of benzene rings is 1. The van der Waals surface area contributed by atoms with E-state index in [2.05, 4.69) is 10.3 Å². The maximum absolute atomic E-state index is 11.9. The Kier molecular flexibility index (Phi) is 5.88. The summed E-state index contributed by atoms with van der Waals surface area (Å²) in [5, 5.41) is 24.1. The highest BCUT2D eigenvalue weighted by atomic mass is 16.6. The number of nitro groups is 2. The van der Waals surface area contributed by atoms with E-state index in [1.807, 2.05) is 0 Å². The van der Waals surface area contributed by atoms with E-state index < -0.39 is 38.7 Å². The molecular formula is C15H12N4O7. The first kappa shape index (κ1) is 18.4. The van der Waals surface area contributed by atoms with Crippen molar-refractivity contribution in [2.24, 2.45) is 0 Å². The molecule has 0 fully saturated rings. The number of amides is 1. The van der Waals surface area contributed by atoms with Crippen LogP contribution in [0.15, 0.2) is 42.7 Å². The SMILES string of the molecule is O=C(NCCOC(=O)c1ccc([N+](=O)[O-])cc1[N+](=O)[O-])c1cccnc1. The summed E-state index contributed by atoms with van der Waals surface area (Å²) in [5.41, 5.74) is -1.34. The average molecular weight is 360 g/mol. The molecule has 1 aromatic carbocycles. The number of carbonyl (C=O) groups is 2. The Labute approximate surface area is 145 Å². The molecule has 0 saturated heterocycles. The molecule has 0 spiro atoms. The van der Waals surface area contributed by atoms with Gasteiger partial charge in [-0.2, -0.15) is 0 Å². The number of non-ortho nitro benzene ring substituents is 1. The van der Waals surface area contributed by atoms with Gasteiger partial charge < -0.3 is 10.1 Å². The first-order valence-corrected chi connectivity index (χ1v) is 7.18. The summed E-state index contributed by atoms with van der Waals surface area (Å²) in [6.07, 6.45) is 2.87. The van der Waals surface area contributed by atoms with Gasteiger partial charge in [-0.3, -0.25) is 30.0 Å². The van der Waals surface area contributed by atoms with Crippen LogP contribution in [0.3, 0.4) is 0 Å². The summed E-state index contributed by atoms with van der Waals surface area (Å²) in [4.78, 5) is 47.4. The maximum atomic E-state index is 11.9. The van der Waals surface area contributed by atoms with Crippen molar-refractivity contribution in [1.29, 1.82) is 0 Å². The molecule has 0 radical (unpaired) electrons. The first-order chi connectivity index (χ1) is 12.4. The molecule has 134 valence electrons. The van der Waals surface area contributed by atoms with Crippen molar-refractivity contribution in [3.8, 4) is 0 Å². The normalized spacial score (nSPS) is 10.0. The summed E-state index contributed by atoms with van der Waals surface area (Å²) >= 11 is 0. The molecule has 2 rings (SSSR count). The minimum Gasteiger partial charge on any atom is -0.460 e. The topological polar surface area (TPSA) is 155 Å². The number of pyridine rings is 1. The van der Waals surface area contributed by atoms with Gasteiger partial charge >= 0.3 is 5.97 Å². The highest BCUT2D eigenvalue weighted by Gasteiger charge is 2.25. The van der Waals surface area contributed by atoms with E-state index in [0.717, 1.165) is 12.1 Å². The number of carbonyl (C=O) groups excluding carboxylic acids is 2. The zero-order valence-electron chi connectivity index (χ0n) is 13.2. The van der Waals surface area contributed by atoms with Crippen molar-refractivity contribution >= 4 is 23.3 Å². The number of hydrogen-bond acceptors (Lipinski definition) is 8. The van der Waals surface area contributed by atoms with Crippen molar-refractivity contribution in [3.63, 3.8) is 0 Å². The summed E-state index contributed by atoms with van der Waals surface area (Å²) in [5.74, 6) is -1.45. The minimum atomic E-state index is -1.03. The van der Waals surface area contributed by atoms with E-state index in [4.69, 9.17) is 4.74 Å². The second kappa shape index (κ2) is 8.28. The van der Waals surface area contributed by atoms with Crippen LogP contribution in [0.4, 0.5) is 11.4 Å². The van der Waals surface area contributed by atoms with Gasteiger partial charge in [0.1, 0.15) is 12.2 Å². The lowest BCUT2D eigenvalue weighted by atomic mass is 10.1. The molecule has 1 aromatic heterocycles. The highest BCUT2D eigenvalue weighted by Crippen LogP contribution is 2.25. The third kappa shape index (κ3) is 4.56. The van der Waals surface area contributed by atoms with E-state index >= 15 is 0 Å². The Morgan fingerprint density at radius 1 is 1.15 bits per heavy atom. The number of rotatable bonds is 7. The molecule has 2 aromatic rings. The monoisotopic (exact) mass is 360 g/mol. The standard InChI is InChI=1S/C15H12N4O7/c20-14(10-2-1-5-16-9-10)17-6-7-26-15(21)12-4-3-11(18(22)23)8-13(12)19(24)25/h1-5,8-9H,6-7H2,(H,17,20). The molecule has 11 nitrogen and oxygen atoms in total. The fourth-order valence-electron chi connectivity index (χ4n) is 1.94. The van der Waals surface area contributed by atoms with Gasteiger partial charge in [-0.25, -0.2) is 4.79 Å². The van der Waals surface area contributed by atoms with E-state index in [0.29, 0.717) is 11.6 Å². The van der Waals surface area contributed by atoms with Crippen LogP contribution >= 0.6 is 0 Å². The number of esters is 1. The summed E-state index contributed by atoms with van der Waals surface area (Å²) in [7, 11) is 0. The lowest BCUT2D eigenvalue weighted by Gasteiger charge is -2.07. The molecule has 0 bridgehead atoms. The molecule has 0 aliphatic heterocycles. The van der Waals surface area contributed by atoms with Gasteiger partial charge in [-0.1, -0.05) is 0 Å². The predicted octanol–water partition coefficient (Wildman–Crippen LogP) is 1.48. The van der Waals surface area contributed by atoms with Crippen LogP contribution in [0.5, 0.6) is 0 Å². The minimum absolute atomic E-state index is 0.0275. The second-order valence-corrected chi connectivity index (χ2v) is 4.85. The fourth-order valence-corrected chi connectivity index (χ4v) is 1.94. The molecule has 0 unspecified atom stereocenters. The van der Waals surface area contributed by atoms with E-state index in [9.17, 15) is 29.8 Å². The van der Waals surface area contributed by atoms with Crippen LogP contribution in [0.2, 0.25) is 0 Å². The Hall–Kier alpha value is -3.89. The van der Waals surface area contributed by atoms with Crippen LogP contribution < -0.4 is 5.32 Å². The lowest BCUT2D eigenvalue weighted by molar-refractivity contribution is -0.394. The van der Waals surface area contributed by atoms with Crippen LogP contribution in [-0.2, 0) is 4.74 Å². The van der Waals surface area contributed by atoms with Crippen LogP contribution in [0, 0.1) is 20.2 Å². The number of aromatic nitrogens is 1. The molecule has 0 aliphatic carbocycles. The van der Waals surface area contributed by atoms with Gasteiger partial charge in [-0.15, -0.1) is 0 Å². The van der Waals surface area contributed by atoms with Crippen molar-refractivity contribution in [2.45, 2.75) is 0 Å². The summed E-state index contributed by atoms with van der Waals surface area (Å²) in [6.45, 7) is -0.265. The van der Waals surface area contributed by atoms with Gasteiger partial charge in [0.2, 0.25) is 0 Å². The van der Waals surface area contributed by atoms with Crippen molar-refractivity contribution in [2.75, 3.05) is 13.2 Å². The predicted molar refractivity (Wildman–Crippen MR) is 86.6 cm³/mol. The van der Waals surface area contributed by atoms with Gasteiger partial charge in [-0.05, 0) is 18.2 Å². The summed E-state index contributed by atoms with van der Waals surface area (Å²) in [6, 6.07) is 5.73. The molecule has 0 atom stereocenters. The number of nitrogens with one attached hydrogen (secondary N) is 1. The molecule has 11 heteroatoms. The lowest BCUT2D eigenvalue weighted by Crippen LogP contribution is -2.28. The molecule has 0 saturated carbocycles.